The molecule has 4 heterocycles. The number of hydrogen-bond donors (Lipinski definition) is 2. The first kappa shape index (κ1) is 25.1. The number of fused-ring (bicyclic) bond motifs is 1. The number of aliphatic carboxylic acids is 1. The Hall–Kier alpha value is -3.48. The number of nitrogens with zero attached hydrogens (tertiary/aromatic N) is 4. The van der Waals surface area contributed by atoms with Crippen LogP contribution >= 0.6 is 0 Å². The maximum absolute atomic E-state index is 12.6. The van der Waals surface area contributed by atoms with Crippen LogP contribution in [0.2, 0.25) is 0 Å². The van der Waals surface area contributed by atoms with Gasteiger partial charge < -0.3 is 20.1 Å². The van der Waals surface area contributed by atoms with Crippen molar-refractivity contribution in [3.05, 3.63) is 48.0 Å². The summed E-state index contributed by atoms with van der Waals surface area (Å²) in [6.45, 7) is 1.71. The van der Waals surface area contributed by atoms with Crippen molar-refractivity contribution < 1.29 is 37.4 Å². The molecule has 0 unspecified atom stereocenters. The zero-order valence-electron chi connectivity index (χ0n) is 18.2. The third-order valence-electron chi connectivity index (χ3n) is 5.51. The highest BCUT2D eigenvalue weighted by Crippen LogP contribution is 2.34. The number of nitrogens with one attached hydrogen (secondary N) is 1. The van der Waals surface area contributed by atoms with Gasteiger partial charge in [-0.05, 0) is 24.1 Å². The Bertz CT molecular complexity index is 1000. The topological polar surface area (TPSA) is 127 Å². The van der Waals surface area contributed by atoms with Gasteiger partial charge >= 0.3 is 12.1 Å². The molecule has 0 bridgehead atoms. The van der Waals surface area contributed by atoms with Gasteiger partial charge in [-0.25, -0.2) is 4.79 Å². The molecular formula is C21H24F3N5O5. The number of likely N-dealkylation sites (tertiary alicyclic amines) is 1. The summed E-state index contributed by atoms with van der Waals surface area (Å²) in [4.78, 5) is 39.5. The quantitative estimate of drug-likeness (QED) is 0.658. The molecule has 0 spiro atoms. The van der Waals surface area contributed by atoms with E-state index >= 15 is 0 Å². The number of aromatic nitrogens is 3. The van der Waals surface area contributed by atoms with Gasteiger partial charge in [-0.15, -0.1) is 0 Å². The molecule has 2 aliphatic heterocycles. The molecule has 2 fully saturated rings. The van der Waals surface area contributed by atoms with Crippen LogP contribution < -0.4 is 5.32 Å². The molecule has 0 aromatic carbocycles. The maximum Gasteiger partial charge on any atom is 0.490 e. The predicted octanol–water partition coefficient (Wildman–Crippen LogP) is 1.38. The number of aryl methyl sites for hydroxylation is 1. The Morgan fingerprint density at radius 2 is 1.97 bits per heavy atom. The average Bonchev–Trinajstić information content (AvgIpc) is 3.47. The van der Waals surface area contributed by atoms with Crippen molar-refractivity contribution in [3.8, 4) is 0 Å². The number of halogens is 3. The van der Waals surface area contributed by atoms with E-state index in [4.69, 9.17) is 14.6 Å². The molecule has 2 aliphatic rings. The van der Waals surface area contributed by atoms with Gasteiger partial charge in [0.1, 0.15) is 5.69 Å². The first-order chi connectivity index (χ1) is 16.0. The minimum Gasteiger partial charge on any atom is -0.475 e. The molecule has 2 saturated heterocycles. The van der Waals surface area contributed by atoms with E-state index in [0.717, 1.165) is 12.0 Å². The molecule has 13 heteroatoms. The van der Waals surface area contributed by atoms with E-state index < -0.39 is 12.1 Å². The molecule has 0 saturated carbocycles. The number of carboxylic acid groups (broad SMARTS) is 1. The second-order valence-corrected chi connectivity index (χ2v) is 7.99. The van der Waals surface area contributed by atoms with Crippen LogP contribution in [0, 0.1) is 5.92 Å². The molecule has 10 nitrogen and oxygen atoms in total. The van der Waals surface area contributed by atoms with Crippen molar-refractivity contribution in [2.75, 3.05) is 13.1 Å². The highest BCUT2D eigenvalue weighted by atomic mass is 19.4. The second kappa shape index (κ2) is 10.6. The second-order valence-electron chi connectivity index (χ2n) is 7.99. The van der Waals surface area contributed by atoms with Crippen LogP contribution in [0.15, 0.2) is 36.8 Å². The van der Waals surface area contributed by atoms with Crippen molar-refractivity contribution in [1.82, 2.24) is 25.0 Å². The Balaban J connectivity index is 0.000000406. The first-order valence-corrected chi connectivity index (χ1v) is 10.4. The van der Waals surface area contributed by atoms with Crippen LogP contribution in [0.3, 0.4) is 0 Å². The third kappa shape index (κ3) is 6.53. The van der Waals surface area contributed by atoms with E-state index in [2.05, 4.69) is 15.4 Å². The van der Waals surface area contributed by atoms with Crippen LogP contribution in [-0.2, 0) is 27.9 Å². The summed E-state index contributed by atoms with van der Waals surface area (Å²) in [7, 11) is 1.76. The summed E-state index contributed by atoms with van der Waals surface area (Å²) in [5.74, 6) is -2.50. The third-order valence-corrected chi connectivity index (χ3v) is 5.51. The Kier molecular flexibility index (Phi) is 7.87. The summed E-state index contributed by atoms with van der Waals surface area (Å²) >= 11 is 0. The van der Waals surface area contributed by atoms with Gasteiger partial charge in [0.2, 0.25) is 5.91 Å². The normalized spacial score (nSPS) is 21.4. The lowest BCUT2D eigenvalue weighted by atomic mass is 10.0. The van der Waals surface area contributed by atoms with Gasteiger partial charge in [0.25, 0.3) is 5.91 Å². The van der Waals surface area contributed by atoms with Gasteiger partial charge in [-0.2, -0.15) is 18.3 Å². The Morgan fingerprint density at radius 3 is 2.53 bits per heavy atom. The van der Waals surface area contributed by atoms with Crippen molar-refractivity contribution in [2.45, 2.75) is 37.8 Å². The average molecular weight is 483 g/mol. The lowest BCUT2D eigenvalue weighted by molar-refractivity contribution is -0.192. The van der Waals surface area contributed by atoms with Crippen molar-refractivity contribution in [3.63, 3.8) is 0 Å². The smallest absolute Gasteiger partial charge is 0.475 e. The standard InChI is InChI=1S/C19H23N5O3.C2HF3O2/c1-23-16(4-6-22-23)19(26)24-11-14-7-15(27-17(14)12-24)8-18(25)21-10-13-3-2-5-20-9-13;3-2(4,5)1(6)7/h2-6,9,14-15,17H,7-8,10-12H2,1H3,(H,21,25);(H,6,7)/t14-,15-,17+;/m0./s1. The van der Waals surface area contributed by atoms with Crippen LogP contribution in [-0.4, -0.2) is 74.0 Å². The Labute approximate surface area is 192 Å². The largest absolute Gasteiger partial charge is 0.490 e. The molecule has 34 heavy (non-hydrogen) atoms. The first-order valence-electron chi connectivity index (χ1n) is 10.4. The number of pyridine rings is 1. The lowest BCUT2D eigenvalue weighted by Crippen LogP contribution is -2.33. The van der Waals surface area contributed by atoms with Gasteiger partial charge in [0, 0.05) is 51.2 Å². The van der Waals surface area contributed by atoms with E-state index in [9.17, 15) is 22.8 Å². The number of rotatable bonds is 5. The molecule has 0 aliphatic carbocycles. The SMILES string of the molecule is Cn1nccc1C(=O)N1C[C@@H]2C[C@@H](CC(=O)NCc3cccnc3)O[C@@H]2C1.O=C(O)C(F)(F)F. The number of carbonyl (C=O) groups excluding carboxylic acids is 2. The summed E-state index contributed by atoms with van der Waals surface area (Å²) in [6, 6.07) is 5.51. The van der Waals surface area contributed by atoms with Gasteiger partial charge in [0.15, 0.2) is 0 Å². The van der Waals surface area contributed by atoms with Crippen molar-refractivity contribution in [2.24, 2.45) is 13.0 Å². The number of ether oxygens (including phenoxy) is 1. The van der Waals surface area contributed by atoms with Gasteiger partial charge in [-0.1, -0.05) is 6.07 Å². The van der Waals surface area contributed by atoms with Crippen molar-refractivity contribution in [1.29, 1.82) is 0 Å². The molecule has 2 aromatic heterocycles. The number of carbonyl (C=O) groups is 3. The summed E-state index contributed by atoms with van der Waals surface area (Å²) in [5, 5.41) is 14.1. The fourth-order valence-corrected chi connectivity index (χ4v) is 3.89. The number of carboxylic acids is 1. The fourth-order valence-electron chi connectivity index (χ4n) is 3.89. The number of amides is 2. The van der Waals surface area contributed by atoms with Crippen LogP contribution in [0.4, 0.5) is 13.2 Å². The molecule has 2 aromatic rings. The molecule has 4 rings (SSSR count). The highest BCUT2D eigenvalue weighted by molar-refractivity contribution is 5.92. The van der Waals surface area contributed by atoms with Crippen LogP contribution in [0.1, 0.15) is 28.9 Å². The minimum absolute atomic E-state index is 0.0123. The minimum atomic E-state index is -5.08. The van der Waals surface area contributed by atoms with E-state index in [1.165, 1.54) is 0 Å². The zero-order valence-corrected chi connectivity index (χ0v) is 18.2. The molecule has 2 amide bonds. The van der Waals surface area contributed by atoms with E-state index in [1.54, 1.807) is 36.4 Å². The van der Waals surface area contributed by atoms with Crippen molar-refractivity contribution >= 4 is 17.8 Å². The monoisotopic (exact) mass is 483 g/mol. The maximum atomic E-state index is 12.6. The molecule has 2 N–H and O–H groups in total. The summed E-state index contributed by atoms with van der Waals surface area (Å²) in [6.07, 6.45) is 1.08. The van der Waals surface area contributed by atoms with E-state index in [1.807, 2.05) is 17.0 Å². The Morgan fingerprint density at radius 1 is 1.24 bits per heavy atom. The number of hydrogen-bond acceptors (Lipinski definition) is 6. The lowest BCUT2D eigenvalue weighted by Gasteiger charge is -2.19. The zero-order chi connectivity index (χ0) is 24.9. The van der Waals surface area contributed by atoms with Gasteiger partial charge in [0.05, 0.1) is 18.6 Å². The highest BCUT2D eigenvalue weighted by Gasteiger charge is 2.44. The van der Waals surface area contributed by atoms with Crippen LogP contribution in [0.5, 0.6) is 0 Å². The number of alkyl halides is 3. The summed E-state index contributed by atoms with van der Waals surface area (Å²) in [5.41, 5.74) is 1.56. The van der Waals surface area contributed by atoms with E-state index in [0.29, 0.717) is 37.7 Å². The van der Waals surface area contributed by atoms with Gasteiger partial charge in [-0.3, -0.25) is 19.3 Å². The van der Waals surface area contributed by atoms with Crippen LogP contribution in [0.25, 0.3) is 0 Å². The summed E-state index contributed by atoms with van der Waals surface area (Å²) < 4.78 is 39.4. The van der Waals surface area contributed by atoms with E-state index in [-0.39, 0.29) is 24.0 Å². The predicted molar refractivity (Wildman–Crippen MR) is 110 cm³/mol. The molecular weight excluding hydrogens is 459 g/mol. The fraction of sp³-hybridized carbons (Fsp3) is 0.476. The molecule has 3 atom stereocenters. The molecule has 0 radical (unpaired) electrons. The molecule has 184 valence electrons.